The van der Waals surface area contributed by atoms with E-state index in [4.69, 9.17) is 16.3 Å². The molecule has 0 fully saturated rings. The molecule has 8 heteroatoms. The van der Waals surface area contributed by atoms with Crippen molar-refractivity contribution >= 4 is 49.8 Å². The van der Waals surface area contributed by atoms with E-state index < -0.39 is 11.0 Å². The zero-order valence-electron chi connectivity index (χ0n) is 15.6. The fraction of sp³-hybridized carbons (Fsp3) is 0.0952. The number of fused-ring (bicyclic) bond motifs is 1. The topological polar surface area (TPSA) is 71.2 Å². The zero-order chi connectivity index (χ0) is 20.5. The van der Waals surface area contributed by atoms with Crippen molar-refractivity contribution in [2.45, 2.75) is 11.8 Å². The van der Waals surface area contributed by atoms with E-state index in [0.717, 1.165) is 32.0 Å². The molecule has 29 heavy (non-hydrogen) atoms. The number of hydrogen-bond donors (Lipinski definition) is 2. The van der Waals surface area contributed by atoms with Crippen molar-refractivity contribution in [3.8, 4) is 16.9 Å². The van der Waals surface area contributed by atoms with E-state index in [-0.39, 0.29) is 5.56 Å². The van der Waals surface area contributed by atoms with Crippen LogP contribution in [0, 0.1) is 6.92 Å². The normalized spacial score (nSPS) is 12.1. The van der Waals surface area contributed by atoms with Gasteiger partial charge in [0, 0.05) is 26.9 Å². The van der Waals surface area contributed by atoms with Crippen LogP contribution in [0.25, 0.3) is 21.3 Å². The second kappa shape index (κ2) is 8.02. The first-order chi connectivity index (χ1) is 14.0. The summed E-state index contributed by atoms with van der Waals surface area (Å²) in [7, 11) is 0.0437. The Morgan fingerprint density at radius 2 is 1.93 bits per heavy atom. The highest BCUT2D eigenvalue weighted by molar-refractivity contribution is 7.86. The minimum Gasteiger partial charge on any atom is -0.497 e. The third-order valence-corrected chi connectivity index (χ3v) is 6.78. The van der Waals surface area contributed by atoms with Crippen LogP contribution in [-0.2, 0) is 11.0 Å². The number of aromatic nitrogens is 1. The Kier molecular flexibility index (Phi) is 5.45. The van der Waals surface area contributed by atoms with Crippen molar-refractivity contribution in [3.63, 3.8) is 0 Å². The molecule has 0 saturated carbocycles. The maximum atomic E-state index is 12.9. The summed E-state index contributed by atoms with van der Waals surface area (Å²) in [5, 5.41) is 1.31. The van der Waals surface area contributed by atoms with Crippen LogP contribution in [-0.4, -0.2) is 16.3 Å². The van der Waals surface area contributed by atoms with Gasteiger partial charge < -0.3 is 14.4 Å². The van der Waals surface area contributed by atoms with E-state index in [1.54, 1.807) is 31.4 Å². The Morgan fingerprint density at radius 1 is 1.14 bits per heavy atom. The number of halogens is 1. The van der Waals surface area contributed by atoms with E-state index in [2.05, 4.69) is 9.71 Å². The summed E-state index contributed by atoms with van der Waals surface area (Å²) in [5.41, 5.74) is 2.16. The Balaban J connectivity index is 1.88. The van der Waals surface area contributed by atoms with Crippen molar-refractivity contribution in [2.75, 3.05) is 11.8 Å². The van der Waals surface area contributed by atoms with Gasteiger partial charge in [-0.25, -0.2) is 4.21 Å². The first-order valence-electron chi connectivity index (χ1n) is 8.71. The standard InChI is InChI=1S/C21H17ClN2O3S2/c1-12-19(13-5-3-7-15(9-13)27-2)20-17(11-18(25)23-21(20)28-12)24-29(26)16-8-4-6-14(22)10-16/h3-11H,1-2H3,(H2,23,24,25). The molecule has 2 aromatic heterocycles. The number of anilines is 1. The predicted octanol–water partition coefficient (Wildman–Crippen LogP) is 5.36. The lowest BCUT2D eigenvalue weighted by Crippen LogP contribution is -2.10. The molecule has 1 unspecified atom stereocenters. The number of thiophene rings is 1. The Morgan fingerprint density at radius 3 is 2.69 bits per heavy atom. The van der Waals surface area contributed by atoms with Gasteiger partial charge >= 0.3 is 0 Å². The van der Waals surface area contributed by atoms with Crippen molar-refractivity contribution in [1.82, 2.24) is 4.98 Å². The molecule has 0 aliphatic rings. The van der Waals surface area contributed by atoms with E-state index in [9.17, 15) is 9.00 Å². The fourth-order valence-corrected chi connectivity index (χ4v) is 5.45. The number of rotatable bonds is 5. The van der Waals surface area contributed by atoms with Crippen LogP contribution in [0.5, 0.6) is 5.75 Å². The third-order valence-electron chi connectivity index (χ3n) is 4.44. The second-order valence-corrected chi connectivity index (χ2v) is 9.22. The molecule has 4 rings (SSSR count). The summed E-state index contributed by atoms with van der Waals surface area (Å²) < 4.78 is 21.2. The van der Waals surface area contributed by atoms with Gasteiger partial charge in [-0.1, -0.05) is 29.8 Å². The molecule has 1 atom stereocenters. The molecule has 4 aromatic rings. The van der Waals surface area contributed by atoms with Crippen LogP contribution in [0.15, 0.2) is 64.3 Å². The van der Waals surface area contributed by atoms with Gasteiger partial charge in [0.1, 0.15) is 21.6 Å². The monoisotopic (exact) mass is 444 g/mol. The molecule has 0 spiro atoms. The average molecular weight is 445 g/mol. The molecule has 0 saturated heterocycles. The summed E-state index contributed by atoms with van der Waals surface area (Å²) in [4.78, 5) is 17.4. The van der Waals surface area contributed by atoms with Crippen LogP contribution in [0.1, 0.15) is 4.88 Å². The summed E-state index contributed by atoms with van der Waals surface area (Å²) in [6.07, 6.45) is 0. The number of methoxy groups -OCH3 is 1. The molecule has 2 aromatic carbocycles. The van der Waals surface area contributed by atoms with Gasteiger partial charge in [-0.05, 0) is 42.8 Å². The first-order valence-corrected chi connectivity index (χ1v) is 11.1. The smallest absolute Gasteiger partial charge is 0.251 e. The van der Waals surface area contributed by atoms with Crippen LogP contribution >= 0.6 is 22.9 Å². The molecule has 0 aliphatic carbocycles. The second-order valence-electron chi connectivity index (χ2n) is 6.34. The van der Waals surface area contributed by atoms with Crippen molar-refractivity contribution < 1.29 is 8.95 Å². The Hall–Kier alpha value is -2.61. The number of H-pyrrole nitrogens is 1. The number of hydrogen-bond acceptors (Lipinski definition) is 4. The highest BCUT2D eigenvalue weighted by Gasteiger charge is 2.18. The largest absolute Gasteiger partial charge is 0.497 e. The molecular formula is C21H17ClN2O3S2. The Labute approximate surface area is 178 Å². The molecule has 0 amide bonds. The van der Waals surface area contributed by atoms with Gasteiger partial charge in [-0.3, -0.25) is 4.79 Å². The van der Waals surface area contributed by atoms with Gasteiger partial charge in [0.25, 0.3) is 5.56 Å². The van der Waals surface area contributed by atoms with Crippen LogP contribution in [0.2, 0.25) is 5.02 Å². The lowest BCUT2D eigenvalue weighted by Gasteiger charge is -2.11. The van der Waals surface area contributed by atoms with Crippen LogP contribution in [0.3, 0.4) is 0 Å². The van der Waals surface area contributed by atoms with Crippen molar-refractivity contribution in [2.24, 2.45) is 0 Å². The first kappa shape index (κ1) is 19.7. The van der Waals surface area contributed by atoms with E-state index in [1.165, 1.54) is 17.4 Å². The van der Waals surface area contributed by atoms with E-state index in [1.807, 2.05) is 31.2 Å². The molecule has 0 radical (unpaired) electrons. The van der Waals surface area contributed by atoms with Gasteiger partial charge in [0.05, 0.1) is 17.7 Å². The van der Waals surface area contributed by atoms with Gasteiger partial charge in [0.15, 0.2) is 0 Å². The van der Waals surface area contributed by atoms with Gasteiger partial charge in [0.2, 0.25) is 0 Å². The fourth-order valence-electron chi connectivity index (χ4n) is 3.19. The minimum absolute atomic E-state index is 0.262. The van der Waals surface area contributed by atoms with Crippen molar-refractivity contribution in [3.05, 3.63) is 74.9 Å². The number of benzene rings is 2. The number of ether oxygens (including phenoxy) is 1. The predicted molar refractivity (Wildman–Crippen MR) is 121 cm³/mol. The summed E-state index contributed by atoms with van der Waals surface area (Å²) in [6, 6.07) is 16.0. The number of aromatic amines is 1. The van der Waals surface area contributed by atoms with E-state index >= 15 is 0 Å². The molecule has 0 aliphatic heterocycles. The molecule has 148 valence electrons. The summed E-state index contributed by atoms with van der Waals surface area (Å²) in [6.45, 7) is 2.00. The molecule has 2 heterocycles. The molecular weight excluding hydrogens is 428 g/mol. The minimum atomic E-state index is -1.58. The van der Waals surface area contributed by atoms with E-state index in [0.29, 0.717) is 15.6 Å². The molecule has 5 nitrogen and oxygen atoms in total. The van der Waals surface area contributed by atoms with Gasteiger partial charge in [-0.2, -0.15) is 0 Å². The van der Waals surface area contributed by atoms with Crippen molar-refractivity contribution in [1.29, 1.82) is 0 Å². The quantitative estimate of drug-likeness (QED) is 0.435. The zero-order valence-corrected chi connectivity index (χ0v) is 18.0. The summed E-state index contributed by atoms with van der Waals surface area (Å²) in [5.74, 6) is 0.739. The maximum Gasteiger partial charge on any atom is 0.251 e. The number of aryl methyl sites for hydroxylation is 1. The highest BCUT2D eigenvalue weighted by Crippen LogP contribution is 2.41. The molecule has 0 bridgehead atoms. The third kappa shape index (κ3) is 3.94. The van der Waals surface area contributed by atoms with Gasteiger partial charge in [-0.15, -0.1) is 11.3 Å². The number of nitrogens with one attached hydrogen (secondary N) is 2. The summed E-state index contributed by atoms with van der Waals surface area (Å²) >= 11 is 7.51. The molecule has 2 N–H and O–H groups in total. The lowest BCUT2D eigenvalue weighted by atomic mass is 10.0. The van der Waals surface area contributed by atoms with Crippen LogP contribution < -0.4 is 15.0 Å². The highest BCUT2D eigenvalue weighted by atomic mass is 35.5. The van der Waals surface area contributed by atoms with Crippen LogP contribution in [0.4, 0.5) is 5.69 Å². The number of pyridine rings is 1. The SMILES string of the molecule is COc1cccc(-c2c(C)sc3[nH]c(=O)cc(NS(=O)c4cccc(Cl)c4)c23)c1. The Bertz CT molecular complexity index is 1300. The maximum absolute atomic E-state index is 12.9. The average Bonchev–Trinajstić information content (AvgIpc) is 3.03. The lowest BCUT2D eigenvalue weighted by molar-refractivity contribution is 0.415.